The predicted molar refractivity (Wildman–Crippen MR) is 79.6 cm³/mol. The highest BCUT2D eigenvalue weighted by atomic mass is 16.6. The molecule has 2 aliphatic rings. The van der Waals surface area contributed by atoms with Crippen molar-refractivity contribution in [3.05, 3.63) is 35.4 Å². The third-order valence-corrected chi connectivity index (χ3v) is 3.76. The number of fused-ring (bicyclic) bond motifs is 1. The quantitative estimate of drug-likeness (QED) is 0.848. The van der Waals surface area contributed by atoms with Gasteiger partial charge in [-0.25, -0.2) is 4.79 Å². The van der Waals surface area contributed by atoms with Gasteiger partial charge in [-0.15, -0.1) is 0 Å². The summed E-state index contributed by atoms with van der Waals surface area (Å²) < 4.78 is 11.5. The molecule has 4 nitrogen and oxygen atoms in total. The van der Waals surface area contributed by atoms with Crippen LogP contribution in [-0.2, 0) is 16.0 Å². The van der Waals surface area contributed by atoms with Crippen molar-refractivity contribution in [1.29, 1.82) is 0 Å². The third-order valence-electron chi connectivity index (χ3n) is 3.76. The molecule has 0 spiro atoms. The molecule has 0 bridgehead atoms. The van der Waals surface area contributed by atoms with Crippen LogP contribution in [0.25, 0.3) is 0 Å². The molecule has 21 heavy (non-hydrogen) atoms. The minimum atomic E-state index is -0.493. The molecule has 1 heterocycles. The van der Waals surface area contributed by atoms with Crippen molar-refractivity contribution >= 4 is 6.09 Å². The number of ether oxygens (including phenoxy) is 2. The normalized spacial score (nSPS) is 21.3. The second kappa shape index (κ2) is 5.34. The minimum Gasteiger partial charge on any atom is -0.444 e. The summed E-state index contributed by atoms with van der Waals surface area (Å²) in [6, 6.07) is 8.07. The van der Waals surface area contributed by atoms with Gasteiger partial charge in [-0.1, -0.05) is 24.3 Å². The van der Waals surface area contributed by atoms with Crippen LogP contribution in [0.15, 0.2) is 24.3 Å². The number of hydrogen-bond donors (Lipinski definition) is 0. The number of amides is 1. The van der Waals surface area contributed by atoms with Gasteiger partial charge in [0.05, 0.1) is 13.2 Å². The molecule has 0 N–H and O–H groups in total. The zero-order chi connectivity index (χ0) is 15.0. The van der Waals surface area contributed by atoms with Crippen LogP contribution in [0.1, 0.15) is 51.0 Å². The Hall–Kier alpha value is -1.55. The average Bonchev–Trinajstić information content (AvgIpc) is 3.14. The van der Waals surface area contributed by atoms with Gasteiger partial charge < -0.3 is 9.47 Å². The lowest BCUT2D eigenvalue weighted by Gasteiger charge is -2.28. The average molecular weight is 289 g/mol. The van der Waals surface area contributed by atoms with E-state index >= 15 is 0 Å². The number of carbonyl (C=O) groups is 1. The van der Waals surface area contributed by atoms with Gasteiger partial charge in [-0.05, 0) is 45.1 Å². The molecule has 1 aliphatic carbocycles. The largest absolute Gasteiger partial charge is 0.444 e. The second-order valence-corrected chi connectivity index (χ2v) is 6.94. The van der Waals surface area contributed by atoms with Gasteiger partial charge in [-0.3, -0.25) is 4.90 Å². The standard InChI is InChI=1S/C17H23NO3/c1-17(2,3)21-16(19)18-10-13-6-4-5-7-14(13)15(18)20-11-12-8-9-12/h4-7,12,15H,8-11H2,1-3H3. The summed E-state index contributed by atoms with van der Waals surface area (Å²) in [5, 5.41) is 0. The smallest absolute Gasteiger partial charge is 0.412 e. The van der Waals surface area contributed by atoms with Gasteiger partial charge in [0.15, 0.2) is 6.23 Å². The van der Waals surface area contributed by atoms with Crippen molar-refractivity contribution in [1.82, 2.24) is 4.90 Å². The monoisotopic (exact) mass is 289 g/mol. The Morgan fingerprint density at radius 3 is 2.67 bits per heavy atom. The lowest BCUT2D eigenvalue weighted by molar-refractivity contribution is -0.0664. The first kappa shape index (κ1) is 14.4. The molecule has 1 aromatic carbocycles. The number of rotatable bonds is 3. The Morgan fingerprint density at radius 1 is 1.29 bits per heavy atom. The number of hydrogen-bond acceptors (Lipinski definition) is 3. The van der Waals surface area contributed by atoms with Gasteiger partial charge in [0, 0.05) is 5.56 Å². The summed E-state index contributed by atoms with van der Waals surface area (Å²) in [5.74, 6) is 0.665. The predicted octanol–water partition coefficient (Wildman–Crippen LogP) is 3.86. The van der Waals surface area contributed by atoms with Crippen molar-refractivity contribution in [2.45, 2.75) is 52.0 Å². The van der Waals surface area contributed by atoms with Gasteiger partial charge in [0.1, 0.15) is 5.60 Å². The van der Waals surface area contributed by atoms with E-state index in [1.807, 2.05) is 45.0 Å². The van der Waals surface area contributed by atoms with E-state index in [2.05, 4.69) is 0 Å². The third kappa shape index (κ3) is 3.38. The van der Waals surface area contributed by atoms with Crippen molar-refractivity contribution in [2.24, 2.45) is 5.92 Å². The maximum atomic E-state index is 12.4. The molecule has 0 radical (unpaired) electrons. The minimum absolute atomic E-state index is 0.306. The van der Waals surface area contributed by atoms with E-state index in [0.29, 0.717) is 12.5 Å². The Balaban J connectivity index is 1.76. The zero-order valence-corrected chi connectivity index (χ0v) is 13.0. The highest BCUT2D eigenvalue weighted by Gasteiger charge is 2.37. The Kier molecular flexibility index (Phi) is 3.66. The summed E-state index contributed by atoms with van der Waals surface area (Å²) in [7, 11) is 0. The molecule has 1 fully saturated rings. The van der Waals surface area contributed by atoms with Gasteiger partial charge in [0.2, 0.25) is 0 Å². The molecule has 4 heteroatoms. The van der Waals surface area contributed by atoms with Crippen LogP contribution >= 0.6 is 0 Å². The molecule has 1 unspecified atom stereocenters. The number of nitrogens with zero attached hydrogens (tertiary/aromatic N) is 1. The maximum absolute atomic E-state index is 12.4. The Labute approximate surface area is 126 Å². The topological polar surface area (TPSA) is 38.8 Å². The molecule has 1 aromatic rings. The van der Waals surface area contributed by atoms with E-state index in [1.165, 1.54) is 12.8 Å². The molecule has 1 atom stereocenters. The van der Waals surface area contributed by atoms with Crippen molar-refractivity contribution < 1.29 is 14.3 Å². The van der Waals surface area contributed by atoms with Crippen LogP contribution in [0.5, 0.6) is 0 Å². The van der Waals surface area contributed by atoms with Crippen LogP contribution in [-0.4, -0.2) is 23.2 Å². The summed E-state index contributed by atoms with van der Waals surface area (Å²) in [6.45, 7) is 6.93. The molecule has 0 aromatic heterocycles. The summed E-state index contributed by atoms with van der Waals surface area (Å²) >= 11 is 0. The first-order valence-electron chi connectivity index (χ1n) is 7.63. The zero-order valence-electron chi connectivity index (χ0n) is 13.0. The van der Waals surface area contributed by atoms with Gasteiger partial charge in [-0.2, -0.15) is 0 Å². The fourth-order valence-corrected chi connectivity index (χ4v) is 2.53. The van der Waals surface area contributed by atoms with E-state index < -0.39 is 5.60 Å². The van der Waals surface area contributed by atoms with Crippen LogP contribution in [0, 0.1) is 5.92 Å². The summed E-state index contributed by atoms with van der Waals surface area (Å²) in [6.07, 6.45) is 1.86. The first-order valence-corrected chi connectivity index (χ1v) is 7.63. The van der Waals surface area contributed by atoms with Crippen LogP contribution in [0.4, 0.5) is 4.79 Å². The van der Waals surface area contributed by atoms with Crippen molar-refractivity contribution in [3.63, 3.8) is 0 Å². The number of carbonyl (C=O) groups excluding carboxylic acids is 1. The molecule has 3 rings (SSSR count). The molecular formula is C17H23NO3. The van der Waals surface area contributed by atoms with Crippen molar-refractivity contribution in [3.8, 4) is 0 Å². The molecule has 1 saturated carbocycles. The lowest BCUT2D eigenvalue weighted by atomic mass is 10.1. The fraction of sp³-hybridized carbons (Fsp3) is 0.588. The summed E-state index contributed by atoms with van der Waals surface area (Å²) in [5.41, 5.74) is 1.74. The lowest BCUT2D eigenvalue weighted by Crippen LogP contribution is -2.36. The van der Waals surface area contributed by atoms with Gasteiger partial charge in [0.25, 0.3) is 0 Å². The first-order chi connectivity index (χ1) is 9.94. The molecular weight excluding hydrogens is 266 g/mol. The molecule has 1 aliphatic heterocycles. The molecule has 1 amide bonds. The Morgan fingerprint density at radius 2 is 2.00 bits per heavy atom. The van der Waals surface area contributed by atoms with Crippen molar-refractivity contribution in [2.75, 3.05) is 6.61 Å². The fourth-order valence-electron chi connectivity index (χ4n) is 2.53. The SMILES string of the molecule is CC(C)(C)OC(=O)N1Cc2ccccc2C1OCC1CC1. The van der Waals surface area contributed by atoms with E-state index in [0.717, 1.165) is 17.7 Å². The molecule has 114 valence electrons. The van der Waals surface area contributed by atoms with E-state index in [9.17, 15) is 4.79 Å². The van der Waals surface area contributed by atoms with Crippen LogP contribution in [0.3, 0.4) is 0 Å². The second-order valence-electron chi connectivity index (χ2n) is 6.94. The molecule has 0 saturated heterocycles. The van der Waals surface area contributed by atoms with Crippen LogP contribution in [0.2, 0.25) is 0 Å². The van der Waals surface area contributed by atoms with E-state index in [1.54, 1.807) is 4.90 Å². The Bertz CT molecular complexity index is 531. The van der Waals surface area contributed by atoms with E-state index in [-0.39, 0.29) is 12.3 Å². The highest BCUT2D eigenvalue weighted by molar-refractivity contribution is 5.70. The maximum Gasteiger partial charge on any atom is 0.412 e. The number of benzene rings is 1. The highest BCUT2D eigenvalue weighted by Crippen LogP contribution is 2.38. The van der Waals surface area contributed by atoms with E-state index in [4.69, 9.17) is 9.47 Å². The van der Waals surface area contributed by atoms with Gasteiger partial charge >= 0.3 is 6.09 Å². The summed E-state index contributed by atoms with van der Waals surface area (Å²) in [4.78, 5) is 14.1. The van der Waals surface area contributed by atoms with Crippen LogP contribution < -0.4 is 0 Å².